The van der Waals surface area contributed by atoms with Gasteiger partial charge in [0.15, 0.2) is 0 Å². The van der Waals surface area contributed by atoms with Crippen molar-refractivity contribution in [2.24, 2.45) is 0 Å². The Hall–Kier alpha value is -1.80. The van der Waals surface area contributed by atoms with E-state index in [1.807, 2.05) is 13.0 Å². The predicted molar refractivity (Wildman–Crippen MR) is 89.7 cm³/mol. The zero-order valence-electron chi connectivity index (χ0n) is 14.3. The van der Waals surface area contributed by atoms with Crippen LogP contribution in [0.25, 0.3) is 0 Å². The second-order valence-corrected chi connectivity index (χ2v) is 7.50. The lowest BCUT2D eigenvalue weighted by Crippen LogP contribution is -2.37. The van der Waals surface area contributed by atoms with Crippen LogP contribution in [0, 0.1) is 6.92 Å². The molecule has 0 spiro atoms. The first kappa shape index (κ1) is 18.5. The lowest BCUT2D eigenvalue weighted by molar-refractivity contribution is 0.109. The molecule has 0 bridgehead atoms. The van der Waals surface area contributed by atoms with Gasteiger partial charge >= 0.3 is 6.09 Å². The lowest BCUT2D eigenvalue weighted by Gasteiger charge is -2.22. The summed E-state index contributed by atoms with van der Waals surface area (Å²) in [5.74, 6) is 0.326. The highest BCUT2D eigenvalue weighted by atomic mass is 32.2. The van der Waals surface area contributed by atoms with Crippen LogP contribution in [0.5, 0.6) is 5.75 Å². The number of ether oxygens (including phenoxy) is 2. The van der Waals surface area contributed by atoms with Gasteiger partial charge in [0.2, 0.25) is 10.0 Å². The van der Waals surface area contributed by atoms with E-state index in [0.29, 0.717) is 38.4 Å². The monoisotopic (exact) mass is 356 g/mol. The topological polar surface area (TPSA) is 76.2 Å². The van der Waals surface area contributed by atoms with Crippen molar-refractivity contribution in [2.45, 2.75) is 25.2 Å². The van der Waals surface area contributed by atoms with Crippen LogP contribution in [0.3, 0.4) is 0 Å². The molecular weight excluding hydrogens is 332 g/mol. The highest BCUT2D eigenvalue weighted by molar-refractivity contribution is 7.89. The molecular formula is C16H24N2O5S. The maximum Gasteiger partial charge on any atom is 0.409 e. The molecule has 134 valence electrons. The Morgan fingerprint density at radius 2 is 1.96 bits per heavy atom. The van der Waals surface area contributed by atoms with Crippen molar-refractivity contribution in [1.29, 1.82) is 0 Å². The van der Waals surface area contributed by atoms with Crippen molar-refractivity contribution in [2.75, 3.05) is 39.9 Å². The van der Waals surface area contributed by atoms with Gasteiger partial charge in [-0.2, -0.15) is 4.31 Å². The summed E-state index contributed by atoms with van der Waals surface area (Å²) >= 11 is 0. The zero-order chi connectivity index (χ0) is 17.7. The summed E-state index contributed by atoms with van der Waals surface area (Å²) < 4.78 is 37.6. The SMILES string of the molecule is CCOC(=O)N1CCCN(S(=O)(=O)c2cc(C)ccc2OC)CC1. The van der Waals surface area contributed by atoms with Crippen LogP contribution in [0.15, 0.2) is 23.1 Å². The minimum atomic E-state index is -3.68. The first-order chi connectivity index (χ1) is 11.4. The average molecular weight is 356 g/mol. The number of carbonyl (C=O) groups is 1. The van der Waals surface area contributed by atoms with Crippen LogP contribution in [0.4, 0.5) is 4.79 Å². The number of carbonyl (C=O) groups excluding carboxylic acids is 1. The highest BCUT2D eigenvalue weighted by Gasteiger charge is 2.30. The average Bonchev–Trinajstić information content (AvgIpc) is 2.81. The van der Waals surface area contributed by atoms with Crippen molar-refractivity contribution in [3.63, 3.8) is 0 Å². The standard InChI is InChI=1S/C16H24N2O5S/c1-4-23-16(19)17-8-5-9-18(11-10-17)24(20,21)15-12-13(2)6-7-14(15)22-3/h6-7,12H,4-5,8-11H2,1-3H3. The van der Waals surface area contributed by atoms with Crippen molar-refractivity contribution >= 4 is 16.1 Å². The number of benzene rings is 1. The van der Waals surface area contributed by atoms with Gasteiger partial charge in [0.25, 0.3) is 0 Å². The van der Waals surface area contributed by atoms with Crippen LogP contribution in [0.1, 0.15) is 18.9 Å². The third kappa shape index (κ3) is 3.99. The third-order valence-electron chi connectivity index (χ3n) is 3.92. The summed E-state index contributed by atoms with van der Waals surface area (Å²) in [5.41, 5.74) is 0.845. The van der Waals surface area contributed by atoms with E-state index in [1.165, 1.54) is 11.4 Å². The van der Waals surface area contributed by atoms with Crippen LogP contribution in [-0.2, 0) is 14.8 Å². The summed E-state index contributed by atoms with van der Waals surface area (Å²) in [4.78, 5) is 13.5. The number of sulfonamides is 1. The fourth-order valence-corrected chi connectivity index (χ4v) is 4.37. The van der Waals surface area contributed by atoms with E-state index in [2.05, 4.69) is 0 Å². The molecule has 0 unspecified atom stereocenters. The van der Waals surface area contributed by atoms with Gasteiger partial charge in [-0.1, -0.05) is 6.07 Å². The largest absolute Gasteiger partial charge is 0.495 e. The van der Waals surface area contributed by atoms with E-state index in [4.69, 9.17) is 9.47 Å². The predicted octanol–water partition coefficient (Wildman–Crippen LogP) is 1.86. The Balaban J connectivity index is 2.22. The van der Waals surface area contributed by atoms with Crippen molar-refractivity contribution < 1.29 is 22.7 Å². The number of aryl methyl sites for hydroxylation is 1. The van der Waals surface area contributed by atoms with E-state index in [1.54, 1.807) is 24.0 Å². The van der Waals surface area contributed by atoms with Crippen molar-refractivity contribution in [3.8, 4) is 5.75 Å². The van der Waals surface area contributed by atoms with Crippen LogP contribution in [-0.4, -0.2) is 63.6 Å². The summed E-state index contributed by atoms with van der Waals surface area (Å²) in [5, 5.41) is 0. The number of amides is 1. The summed E-state index contributed by atoms with van der Waals surface area (Å²) in [6, 6.07) is 5.08. The smallest absolute Gasteiger partial charge is 0.409 e. The summed E-state index contributed by atoms with van der Waals surface area (Å²) in [6.45, 7) is 5.27. The molecule has 0 saturated carbocycles. The molecule has 1 fully saturated rings. The Morgan fingerprint density at radius 3 is 2.62 bits per heavy atom. The maximum atomic E-state index is 13.0. The van der Waals surface area contributed by atoms with Gasteiger partial charge in [-0.3, -0.25) is 0 Å². The van der Waals surface area contributed by atoms with Gasteiger partial charge in [-0.15, -0.1) is 0 Å². The minimum Gasteiger partial charge on any atom is -0.495 e. The normalized spacial score (nSPS) is 16.5. The molecule has 0 radical (unpaired) electrons. The number of rotatable bonds is 4. The van der Waals surface area contributed by atoms with Gasteiger partial charge in [0.05, 0.1) is 13.7 Å². The minimum absolute atomic E-state index is 0.162. The van der Waals surface area contributed by atoms with Crippen molar-refractivity contribution in [3.05, 3.63) is 23.8 Å². The quantitative estimate of drug-likeness (QED) is 0.823. The molecule has 0 aromatic heterocycles. The van der Waals surface area contributed by atoms with Crippen LogP contribution >= 0.6 is 0 Å². The Kier molecular flexibility index (Phi) is 6.06. The molecule has 1 aromatic carbocycles. The fourth-order valence-electron chi connectivity index (χ4n) is 2.66. The summed E-state index contributed by atoms with van der Waals surface area (Å²) in [7, 11) is -2.23. The molecule has 0 atom stereocenters. The molecule has 2 rings (SSSR count). The Bertz CT molecular complexity index is 690. The van der Waals surface area contributed by atoms with E-state index in [9.17, 15) is 13.2 Å². The first-order valence-corrected chi connectivity index (χ1v) is 9.40. The molecule has 8 heteroatoms. The van der Waals surface area contributed by atoms with Gasteiger partial charge in [-0.05, 0) is 38.0 Å². The molecule has 1 heterocycles. The molecule has 1 aliphatic heterocycles. The molecule has 0 N–H and O–H groups in total. The molecule has 1 aliphatic rings. The number of methoxy groups -OCH3 is 1. The molecule has 1 amide bonds. The van der Waals surface area contributed by atoms with Gasteiger partial charge in [0, 0.05) is 26.2 Å². The van der Waals surface area contributed by atoms with Crippen LogP contribution in [0.2, 0.25) is 0 Å². The Labute approximate surface area is 143 Å². The van der Waals surface area contributed by atoms with Crippen LogP contribution < -0.4 is 4.74 Å². The van der Waals surface area contributed by atoms with Gasteiger partial charge in [-0.25, -0.2) is 13.2 Å². The van der Waals surface area contributed by atoms with E-state index < -0.39 is 16.1 Å². The maximum absolute atomic E-state index is 13.0. The summed E-state index contributed by atoms with van der Waals surface area (Å²) in [6.07, 6.45) is 0.163. The number of hydrogen-bond donors (Lipinski definition) is 0. The molecule has 1 aromatic rings. The Morgan fingerprint density at radius 1 is 1.21 bits per heavy atom. The van der Waals surface area contributed by atoms with E-state index in [0.717, 1.165) is 5.56 Å². The van der Waals surface area contributed by atoms with E-state index in [-0.39, 0.29) is 11.4 Å². The third-order valence-corrected chi connectivity index (χ3v) is 5.84. The van der Waals surface area contributed by atoms with Gasteiger partial charge < -0.3 is 14.4 Å². The molecule has 0 aliphatic carbocycles. The number of nitrogens with zero attached hydrogens (tertiary/aromatic N) is 2. The number of hydrogen-bond acceptors (Lipinski definition) is 5. The lowest BCUT2D eigenvalue weighted by atomic mass is 10.2. The second-order valence-electron chi connectivity index (χ2n) is 5.60. The highest BCUT2D eigenvalue weighted by Crippen LogP contribution is 2.28. The van der Waals surface area contributed by atoms with Crippen molar-refractivity contribution in [1.82, 2.24) is 9.21 Å². The zero-order valence-corrected chi connectivity index (χ0v) is 15.1. The van der Waals surface area contributed by atoms with Gasteiger partial charge in [0.1, 0.15) is 10.6 Å². The fraction of sp³-hybridized carbons (Fsp3) is 0.562. The molecule has 24 heavy (non-hydrogen) atoms. The second kappa shape index (κ2) is 7.85. The molecule has 1 saturated heterocycles. The molecule has 7 nitrogen and oxygen atoms in total. The van der Waals surface area contributed by atoms with E-state index >= 15 is 0 Å². The first-order valence-electron chi connectivity index (χ1n) is 7.96.